The van der Waals surface area contributed by atoms with E-state index in [2.05, 4.69) is 10.3 Å². The lowest BCUT2D eigenvalue weighted by molar-refractivity contribution is -0.150. The molecule has 0 unspecified atom stereocenters. The Morgan fingerprint density at radius 2 is 1.96 bits per heavy atom. The van der Waals surface area contributed by atoms with E-state index in [1.54, 1.807) is 23.5 Å². The van der Waals surface area contributed by atoms with E-state index >= 15 is 0 Å². The van der Waals surface area contributed by atoms with Crippen molar-refractivity contribution in [2.24, 2.45) is 0 Å². The summed E-state index contributed by atoms with van der Waals surface area (Å²) in [7, 11) is 0. The molecule has 1 aliphatic heterocycles. The molecule has 1 saturated heterocycles. The Balaban J connectivity index is 1.62. The van der Waals surface area contributed by atoms with Gasteiger partial charge in [0.1, 0.15) is 6.10 Å². The number of benzene rings is 1. The fraction of sp³-hybridized carbons (Fsp3) is 0.312. The largest absolute Gasteiger partial charge is 0.479 e. The monoisotopic (exact) mass is 332 g/mol. The molecule has 3 rings (SSSR count). The molecule has 2 atom stereocenters. The predicted octanol–water partition coefficient (Wildman–Crippen LogP) is 2.69. The topological polar surface area (TPSA) is 88.5 Å². The molecule has 1 fully saturated rings. The van der Waals surface area contributed by atoms with Gasteiger partial charge >= 0.3 is 5.97 Å². The van der Waals surface area contributed by atoms with Gasteiger partial charge in [0.05, 0.1) is 10.7 Å². The number of nitrogens with zero attached hydrogens (tertiary/aromatic N) is 1. The zero-order valence-electron chi connectivity index (χ0n) is 12.5. The summed E-state index contributed by atoms with van der Waals surface area (Å²) in [6, 6.07) is 7.37. The number of ether oxygens (including phenoxy) is 1. The first-order valence-corrected chi connectivity index (χ1v) is 8.12. The van der Waals surface area contributed by atoms with Crippen molar-refractivity contribution in [3.8, 4) is 11.3 Å². The number of aromatic nitrogens is 1. The van der Waals surface area contributed by atoms with Crippen molar-refractivity contribution >= 4 is 28.9 Å². The number of hydrogen-bond acceptors (Lipinski definition) is 5. The van der Waals surface area contributed by atoms with E-state index in [0.29, 0.717) is 18.5 Å². The van der Waals surface area contributed by atoms with Crippen LogP contribution in [-0.4, -0.2) is 34.2 Å². The Labute approximate surface area is 137 Å². The van der Waals surface area contributed by atoms with Crippen LogP contribution in [-0.2, 0) is 14.3 Å². The molecule has 1 aliphatic rings. The van der Waals surface area contributed by atoms with E-state index in [4.69, 9.17) is 9.84 Å². The van der Waals surface area contributed by atoms with Crippen LogP contribution in [0.3, 0.4) is 0 Å². The minimum absolute atomic E-state index is 0.314. The Hall–Kier alpha value is -2.25. The third-order valence-corrected chi connectivity index (χ3v) is 4.43. The molecule has 120 valence electrons. The van der Waals surface area contributed by atoms with E-state index in [1.165, 1.54) is 0 Å². The van der Waals surface area contributed by atoms with Crippen molar-refractivity contribution in [2.75, 3.05) is 5.32 Å². The van der Waals surface area contributed by atoms with Crippen LogP contribution in [0.4, 0.5) is 5.69 Å². The zero-order valence-corrected chi connectivity index (χ0v) is 13.3. The molecular weight excluding hydrogens is 316 g/mol. The molecule has 2 heterocycles. The predicted molar refractivity (Wildman–Crippen MR) is 86.4 cm³/mol. The molecule has 0 radical (unpaired) electrons. The van der Waals surface area contributed by atoms with Gasteiger partial charge < -0.3 is 15.2 Å². The maximum atomic E-state index is 12.1. The number of aryl methyl sites for hydroxylation is 1. The van der Waals surface area contributed by atoms with Crippen LogP contribution in [0.25, 0.3) is 11.3 Å². The zero-order chi connectivity index (χ0) is 16.4. The van der Waals surface area contributed by atoms with Crippen LogP contribution in [0, 0.1) is 6.92 Å². The molecule has 2 N–H and O–H groups in total. The second kappa shape index (κ2) is 6.47. The number of anilines is 1. The van der Waals surface area contributed by atoms with Crippen molar-refractivity contribution in [1.29, 1.82) is 0 Å². The van der Waals surface area contributed by atoms with Crippen LogP contribution in [0.15, 0.2) is 29.6 Å². The highest BCUT2D eigenvalue weighted by Crippen LogP contribution is 2.24. The summed E-state index contributed by atoms with van der Waals surface area (Å²) in [6.07, 6.45) is -0.827. The van der Waals surface area contributed by atoms with Gasteiger partial charge in [-0.3, -0.25) is 4.79 Å². The van der Waals surface area contributed by atoms with Gasteiger partial charge in [-0.1, -0.05) is 12.1 Å². The smallest absolute Gasteiger partial charge is 0.332 e. The molecule has 1 aromatic carbocycles. The Morgan fingerprint density at radius 3 is 2.52 bits per heavy atom. The lowest BCUT2D eigenvalue weighted by atomic mass is 10.1. The van der Waals surface area contributed by atoms with E-state index in [-0.39, 0.29) is 5.91 Å². The first kappa shape index (κ1) is 15.6. The van der Waals surface area contributed by atoms with E-state index in [9.17, 15) is 9.59 Å². The van der Waals surface area contributed by atoms with Gasteiger partial charge in [-0.2, -0.15) is 0 Å². The van der Waals surface area contributed by atoms with Crippen molar-refractivity contribution < 1.29 is 19.4 Å². The quantitative estimate of drug-likeness (QED) is 0.898. The van der Waals surface area contributed by atoms with Crippen LogP contribution in [0.1, 0.15) is 17.8 Å². The molecule has 0 aliphatic carbocycles. The minimum Gasteiger partial charge on any atom is -0.479 e. The lowest BCUT2D eigenvalue weighted by Gasteiger charge is -2.12. The van der Waals surface area contributed by atoms with Gasteiger partial charge in [-0.15, -0.1) is 11.3 Å². The van der Waals surface area contributed by atoms with Gasteiger partial charge in [-0.25, -0.2) is 9.78 Å². The van der Waals surface area contributed by atoms with Crippen molar-refractivity contribution in [3.05, 3.63) is 34.7 Å². The summed E-state index contributed by atoms with van der Waals surface area (Å²) < 4.78 is 5.23. The summed E-state index contributed by atoms with van der Waals surface area (Å²) in [6.45, 7) is 1.95. The van der Waals surface area contributed by atoms with Crippen LogP contribution in [0.2, 0.25) is 0 Å². The number of carboxylic acid groups (broad SMARTS) is 1. The molecule has 2 aromatic rings. The fourth-order valence-corrected chi connectivity index (χ4v) is 3.08. The number of rotatable bonds is 4. The highest BCUT2D eigenvalue weighted by Gasteiger charge is 2.34. The molecule has 0 bridgehead atoms. The number of thiazole rings is 1. The number of hydrogen-bond donors (Lipinski definition) is 2. The maximum absolute atomic E-state index is 12.1. The SMILES string of the molecule is Cc1nc(-c2ccc(NC(=O)[C@@H]3CC[C@H](C(=O)O)O3)cc2)cs1. The van der Waals surface area contributed by atoms with Crippen LogP contribution >= 0.6 is 11.3 Å². The number of amides is 1. The summed E-state index contributed by atoms with van der Waals surface area (Å²) in [4.78, 5) is 27.4. The highest BCUT2D eigenvalue weighted by molar-refractivity contribution is 7.09. The highest BCUT2D eigenvalue weighted by atomic mass is 32.1. The Bertz CT molecular complexity index is 726. The number of carbonyl (C=O) groups excluding carboxylic acids is 1. The second-order valence-electron chi connectivity index (χ2n) is 5.35. The van der Waals surface area contributed by atoms with Crippen molar-refractivity contribution in [1.82, 2.24) is 4.98 Å². The average Bonchev–Trinajstić information content (AvgIpc) is 3.17. The van der Waals surface area contributed by atoms with Gasteiger partial charge in [0.15, 0.2) is 6.10 Å². The number of carboxylic acids is 1. The third kappa shape index (κ3) is 3.57. The molecule has 0 saturated carbocycles. The first-order valence-electron chi connectivity index (χ1n) is 7.24. The summed E-state index contributed by atoms with van der Waals surface area (Å²) in [5.74, 6) is -1.34. The number of aliphatic carboxylic acids is 1. The van der Waals surface area contributed by atoms with E-state index in [1.807, 2.05) is 24.4 Å². The normalized spacial score (nSPS) is 20.4. The average molecular weight is 332 g/mol. The first-order chi connectivity index (χ1) is 11.0. The number of nitrogens with one attached hydrogen (secondary N) is 1. The molecule has 7 heteroatoms. The summed E-state index contributed by atoms with van der Waals surface area (Å²) in [5, 5.41) is 14.6. The van der Waals surface area contributed by atoms with Gasteiger partial charge in [0, 0.05) is 16.6 Å². The van der Waals surface area contributed by atoms with Gasteiger partial charge in [-0.05, 0) is 31.9 Å². The lowest BCUT2D eigenvalue weighted by Crippen LogP contribution is -2.29. The standard InChI is InChI=1S/C16H16N2O4S/c1-9-17-12(8-23-9)10-2-4-11(5-3-10)18-15(19)13-6-7-14(22-13)16(20)21/h2-5,8,13-14H,6-7H2,1H3,(H,18,19)(H,20,21)/t13-,14+/m0/s1. The van der Waals surface area contributed by atoms with Crippen molar-refractivity contribution in [3.63, 3.8) is 0 Å². The van der Waals surface area contributed by atoms with Gasteiger partial charge in [0.2, 0.25) is 0 Å². The minimum atomic E-state index is -1.02. The van der Waals surface area contributed by atoms with Crippen LogP contribution in [0.5, 0.6) is 0 Å². The number of carbonyl (C=O) groups is 2. The molecule has 1 amide bonds. The molecule has 0 spiro atoms. The second-order valence-corrected chi connectivity index (χ2v) is 6.41. The molecular formula is C16H16N2O4S. The molecule has 6 nitrogen and oxygen atoms in total. The fourth-order valence-electron chi connectivity index (χ4n) is 2.45. The third-order valence-electron chi connectivity index (χ3n) is 3.65. The Morgan fingerprint density at radius 1 is 1.26 bits per heavy atom. The van der Waals surface area contributed by atoms with Gasteiger partial charge in [0.25, 0.3) is 5.91 Å². The summed E-state index contributed by atoms with van der Waals surface area (Å²) in [5.41, 5.74) is 2.54. The van der Waals surface area contributed by atoms with E-state index in [0.717, 1.165) is 16.3 Å². The van der Waals surface area contributed by atoms with Crippen LogP contribution < -0.4 is 5.32 Å². The molecule has 23 heavy (non-hydrogen) atoms. The molecule has 1 aromatic heterocycles. The summed E-state index contributed by atoms with van der Waals surface area (Å²) >= 11 is 1.59. The maximum Gasteiger partial charge on any atom is 0.332 e. The van der Waals surface area contributed by atoms with E-state index < -0.39 is 18.2 Å². The van der Waals surface area contributed by atoms with Crippen molar-refractivity contribution in [2.45, 2.75) is 32.0 Å². The Kier molecular flexibility index (Phi) is 4.40.